The van der Waals surface area contributed by atoms with Crippen LogP contribution in [0.1, 0.15) is 61.4 Å². The molecule has 0 aromatic heterocycles. The lowest BCUT2D eigenvalue weighted by molar-refractivity contribution is -0.126. The van der Waals surface area contributed by atoms with Gasteiger partial charge in [-0.05, 0) is 43.4 Å². The Balaban J connectivity index is 1.70. The van der Waals surface area contributed by atoms with Crippen molar-refractivity contribution >= 4 is 17.7 Å². The Morgan fingerprint density at radius 2 is 1.77 bits per heavy atom. The van der Waals surface area contributed by atoms with E-state index in [0.29, 0.717) is 31.0 Å². The van der Waals surface area contributed by atoms with E-state index < -0.39 is 0 Å². The molecule has 1 aliphatic carbocycles. The van der Waals surface area contributed by atoms with E-state index in [1.165, 1.54) is 19.3 Å². The molecule has 1 aromatic carbocycles. The highest BCUT2D eigenvalue weighted by Gasteiger charge is 2.17. The van der Waals surface area contributed by atoms with Crippen LogP contribution in [0.5, 0.6) is 0 Å². The van der Waals surface area contributed by atoms with Gasteiger partial charge in [0, 0.05) is 25.1 Å². The lowest BCUT2D eigenvalue weighted by Gasteiger charge is -2.20. The maximum absolute atomic E-state index is 11.9. The van der Waals surface area contributed by atoms with Gasteiger partial charge in [-0.3, -0.25) is 14.4 Å². The molecule has 1 aromatic rings. The van der Waals surface area contributed by atoms with Crippen molar-refractivity contribution in [3.05, 3.63) is 35.4 Å². The summed E-state index contributed by atoms with van der Waals surface area (Å²) in [5.41, 5.74) is 1.41. The van der Waals surface area contributed by atoms with Crippen LogP contribution in [0.2, 0.25) is 0 Å². The first-order chi connectivity index (χ1) is 12.6. The Morgan fingerprint density at radius 1 is 1.00 bits per heavy atom. The van der Waals surface area contributed by atoms with Crippen molar-refractivity contribution in [2.75, 3.05) is 13.1 Å². The van der Waals surface area contributed by atoms with Gasteiger partial charge in [-0.25, -0.2) is 0 Å². The Hall–Kier alpha value is -2.37. The largest absolute Gasteiger partial charge is 0.352 e. The number of hydrogen-bond donors (Lipinski definition) is 3. The number of benzene rings is 1. The van der Waals surface area contributed by atoms with Gasteiger partial charge in [0.15, 0.2) is 0 Å². The Morgan fingerprint density at radius 3 is 2.50 bits per heavy atom. The molecule has 0 saturated heterocycles. The van der Waals surface area contributed by atoms with E-state index in [1.807, 2.05) is 13.0 Å². The highest BCUT2D eigenvalue weighted by Crippen LogP contribution is 2.25. The van der Waals surface area contributed by atoms with E-state index in [9.17, 15) is 14.4 Å². The van der Waals surface area contributed by atoms with Gasteiger partial charge in [-0.2, -0.15) is 0 Å². The van der Waals surface area contributed by atoms with Crippen LogP contribution >= 0.6 is 0 Å². The van der Waals surface area contributed by atoms with Gasteiger partial charge >= 0.3 is 0 Å². The molecule has 6 nitrogen and oxygen atoms in total. The normalized spacial score (nSPS) is 14.5. The molecule has 26 heavy (non-hydrogen) atoms. The minimum atomic E-state index is -0.231. The van der Waals surface area contributed by atoms with Gasteiger partial charge in [-0.1, -0.05) is 31.4 Å². The van der Waals surface area contributed by atoms with Crippen LogP contribution in [0.25, 0.3) is 0 Å². The lowest BCUT2D eigenvalue weighted by Crippen LogP contribution is -2.37. The number of amides is 3. The second-order valence-electron chi connectivity index (χ2n) is 6.82. The molecule has 3 amide bonds. The second kappa shape index (κ2) is 10.6. The minimum Gasteiger partial charge on any atom is -0.352 e. The first-order valence-corrected chi connectivity index (χ1v) is 9.49. The summed E-state index contributed by atoms with van der Waals surface area (Å²) in [5.74, 6) is 0.0511. The molecule has 1 aliphatic rings. The van der Waals surface area contributed by atoms with Crippen molar-refractivity contribution in [1.82, 2.24) is 16.0 Å². The average Bonchev–Trinajstić information content (AvgIpc) is 2.66. The summed E-state index contributed by atoms with van der Waals surface area (Å²) < 4.78 is 0. The summed E-state index contributed by atoms with van der Waals surface area (Å²) in [6.45, 7) is 2.75. The van der Waals surface area contributed by atoms with Crippen LogP contribution in [0.3, 0.4) is 0 Å². The summed E-state index contributed by atoms with van der Waals surface area (Å²) in [4.78, 5) is 35.7. The summed E-state index contributed by atoms with van der Waals surface area (Å²) in [5, 5.41) is 8.21. The van der Waals surface area contributed by atoms with Crippen molar-refractivity contribution in [3.8, 4) is 0 Å². The van der Waals surface area contributed by atoms with E-state index >= 15 is 0 Å². The van der Waals surface area contributed by atoms with E-state index in [1.54, 1.807) is 18.2 Å². The Bertz CT molecular complexity index is 624. The van der Waals surface area contributed by atoms with Crippen LogP contribution in [0.15, 0.2) is 24.3 Å². The molecule has 0 radical (unpaired) electrons. The summed E-state index contributed by atoms with van der Waals surface area (Å²) in [6.07, 6.45) is 6.41. The van der Waals surface area contributed by atoms with Gasteiger partial charge in [0.05, 0.1) is 6.54 Å². The van der Waals surface area contributed by atoms with Crippen LogP contribution in [-0.2, 0) is 16.1 Å². The first-order valence-electron chi connectivity index (χ1n) is 9.49. The standard InChI is InChI=1S/C20H29N3O3/c1-2-21-20(26)17-10-6-9-16(11-17)13-22-19(25)14-23-18(24)12-15-7-4-3-5-8-15/h6,9-11,15H,2-5,7-8,12-14H2,1H3,(H,21,26)(H,22,25)(H,23,24). The average molecular weight is 359 g/mol. The lowest BCUT2D eigenvalue weighted by atomic mass is 9.87. The quantitative estimate of drug-likeness (QED) is 0.664. The van der Waals surface area contributed by atoms with Crippen molar-refractivity contribution in [2.45, 2.75) is 52.0 Å². The molecule has 1 fully saturated rings. The third-order valence-corrected chi connectivity index (χ3v) is 4.66. The van der Waals surface area contributed by atoms with Crippen LogP contribution in [-0.4, -0.2) is 30.8 Å². The van der Waals surface area contributed by atoms with Gasteiger partial charge in [-0.15, -0.1) is 0 Å². The number of carbonyl (C=O) groups excluding carboxylic acids is 3. The maximum Gasteiger partial charge on any atom is 0.251 e. The van der Waals surface area contributed by atoms with Gasteiger partial charge in [0.1, 0.15) is 0 Å². The molecule has 0 aliphatic heterocycles. The predicted molar refractivity (Wildman–Crippen MR) is 100 cm³/mol. The van der Waals surface area contributed by atoms with Crippen LogP contribution in [0, 0.1) is 5.92 Å². The Kier molecular flexibility index (Phi) is 8.12. The molecule has 0 spiro atoms. The van der Waals surface area contributed by atoms with Crippen LogP contribution < -0.4 is 16.0 Å². The molecule has 142 valence electrons. The second-order valence-corrected chi connectivity index (χ2v) is 6.82. The fourth-order valence-corrected chi connectivity index (χ4v) is 3.25. The molecule has 2 rings (SSSR count). The predicted octanol–water partition coefficient (Wildman–Crippen LogP) is 2.14. The molecule has 0 unspecified atom stereocenters. The fourth-order valence-electron chi connectivity index (χ4n) is 3.25. The molecule has 6 heteroatoms. The van der Waals surface area contributed by atoms with Crippen LogP contribution in [0.4, 0.5) is 0 Å². The van der Waals surface area contributed by atoms with Gasteiger partial charge < -0.3 is 16.0 Å². The number of hydrogen-bond acceptors (Lipinski definition) is 3. The monoisotopic (exact) mass is 359 g/mol. The highest BCUT2D eigenvalue weighted by molar-refractivity contribution is 5.94. The molecular formula is C20H29N3O3. The Labute approximate surface area is 155 Å². The van der Waals surface area contributed by atoms with Crippen molar-refractivity contribution < 1.29 is 14.4 Å². The topological polar surface area (TPSA) is 87.3 Å². The van der Waals surface area contributed by atoms with Crippen molar-refractivity contribution in [3.63, 3.8) is 0 Å². The van der Waals surface area contributed by atoms with Crippen molar-refractivity contribution in [2.24, 2.45) is 5.92 Å². The molecule has 0 bridgehead atoms. The zero-order valence-electron chi connectivity index (χ0n) is 15.5. The van der Waals surface area contributed by atoms with Crippen molar-refractivity contribution in [1.29, 1.82) is 0 Å². The summed E-state index contributed by atoms with van der Waals surface area (Å²) >= 11 is 0. The van der Waals surface area contributed by atoms with Gasteiger partial charge in [0.2, 0.25) is 11.8 Å². The third-order valence-electron chi connectivity index (χ3n) is 4.66. The zero-order chi connectivity index (χ0) is 18.8. The zero-order valence-corrected chi connectivity index (χ0v) is 15.5. The third kappa shape index (κ3) is 6.86. The smallest absolute Gasteiger partial charge is 0.251 e. The summed E-state index contributed by atoms with van der Waals surface area (Å²) in [6, 6.07) is 7.14. The SMILES string of the molecule is CCNC(=O)c1cccc(CNC(=O)CNC(=O)CC2CCCCC2)c1. The highest BCUT2D eigenvalue weighted by atomic mass is 16.2. The number of rotatable bonds is 8. The van der Waals surface area contributed by atoms with E-state index in [4.69, 9.17) is 0 Å². The molecule has 1 saturated carbocycles. The summed E-state index contributed by atoms with van der Waals surface area (Å²) in [7, 11) is 0. The van der Waals surface area contributed by atoms with E-state index in [0.717, 1.165) is 18.4 Å². The molecule has 0 atom stereocenters. The molecule has 0 heterocycles. The maximum atomic E-state index is 11.9. The van der Waals surface area contributed by atoms with E-state index in [2.05, 4.69) is 16.0 Å². The van der Waals surface area contributed by atoms with E-state index in [-0.39, 0.29) is 24.3 Å². The number of nitrogens with one attached hydrogen (secondary N) is 3. The molecular weight excluding hydrogens is 330 g/mol. The number of carbonyl (C=O) groups is 3. The first kappa shape index (κ1) is 19.9. The molecule has 3 N–H and O–H groups in total. The van der Waals surface area contributed by atoms with Gasteiger partial charge in [0.25, 0.3) is 5.91 Å². The minimum absolute atomic E-state index is 0.0123. The fraction of sp³-hybridized carbons (Fsp3) is 0.550.